The highest BCUT2D eigenvalue weighted by atomic mass is 16.3. The van der Waals surface area contributed by atoms with Gasteiger partial charge >= 0.3 is 0 Å². The first-order chi connectivity index (χ1) is 16.5. The maximum Gasteiger partial charge on any atom is 0.268 e. The molecule has 3 aromatic rings. The highest BCUT2D eigenvalue weighted by molar-refractivity contribution is 6.05. The fourth-order valence-corrected chi connectivity index (χ4v) is 4.18. The first-order valence-corrected chi connectivity index (χ1v) is 11.8. The molecule has 1 unspecified atom stereocenters. The van der Waals surface area contributed by atoms with Gasteiger partial charge in [0, 0.05) is 30.4 Å². The fraction of sp³-hybridized carbons (Fsp3) is 0.286. The van der Waals surface area contributed by atoms with Crippen LogP contribution in [0.15, 0.2) is 77.0 Å². The second-order valence-corrected chi connectivity index (χ2v) is 8.68. The highest BCUT2D eigenvalue weighted by Crippen LogP contribution is 2.23. The number of hydrogen-bond acceptors (Lipinski definition) is 4. The second-order valence-electron chi connectivity index (χ2n) is 8.68. The third-order valence-electron chi connectivity index (χ3n) is 6.17. The van der Waals surface area contributed by atoms with E-state index < -0.39 is 0 Å². The minimum Gasteiger partial charge on any atom is -0.465 e. The molecule has 0 radical (unpaired) electrons. The van der Waals surface area contributed by atoms with E-state index in [0.717, 1.165) is 24.2 Å². The topological polar surface area (TPSA) is 74.6 Å². The molecule has 6 heteroatoms. The Morgan fingerprint density at radius 1 is 0.971 bits per heavy atom. The summed E-state index contributed by atoms with van der Waals surface area (Å²) in [5.41, 5.74) is 3.68. The van der Waals surface area contributed by atoms with Gasteiger partial charge in [0.1, 0.15) is 11.5 Å². The van der Waals surface area contributed by atoms with E-state index >= 15 is 0 Å². The minimum atomic E-state index is -0.383. The van der Waals surface area contributed by atoms with Crippen molar-refractivity contribution in [2.24, 2.45) is 0 Å². The van der Waals surface area contributed by atoms with Gasteiger partial charge in [-0.05, 0) is 74.6 Å². The lowest BCUT2D eigenvalue weighted by molar-refractivity contribution is -0.118. The average molecular weight is 458 g/mol. The van der Waals surface area contributed by atoms with Crippen LogP contribution in [0.1, 0.15) is 59.5 Å². The smallest absolute Gasteiger partial charge is 0.268 e. The van der Waals surface area contributed by atoms with Crippen molar-refractivity contribution in [2.75, 3.05) is 18.0 Å². The third-order valence-corrected chi connectivity index (χ3v) is 6.17. The normalized spacial score (nSPS) is 15.0. The van der Waals surface area contributed by atoms with E-state index in [4.69, 9.17) is 4.42 Å². The van der Waals surface area contributed by atoms with Crippen molar-refractivity contribution >= 4 is 23.6 Å². The number of hydrogen-bond donors (Lipinski definition) is 2. The van der Waals surface area contributed by atoms with E-state index in [-0.39, 0.29) is 23.6 Å². The average Bonchev–Trinajstić information content (AvgIpc) is 3.37. The van der Waals surface area contributed by atoms with Crippen molar-refractivity contribution < 1.29 is 14.0 Å². The zero-order chi connectivity index (χ0) is 23.9. The van der Waals surface area contributed by atoms with Crippen LogP contribution in [0.25, 0.3) is 6.08 Å². The molecule has 4 rings (SSSR count). The Labute approximate surface area is 200 Å². The first kappa shape index (κ1) is 23.4. The SMILES string of the molecule is Cc1ccccc1C(=O)N/C(=C\c1ccco1)C(=O)NC(C)c1ccc(N2CCCCC2)cc1. The van der Waals surface area contributed by atoms with Crippen LogP contribution < -0.4 is 15.5 Å². The van der Waals surface area contributed by atoms with Crippen molar-refractivity contribution in [2.45, 2.75) is 39.2 Å². The molecule has 1 saturated heterocycles. The lowest BCUT2D eigenvalue weighted by Gasteiger charge is -2.29. The van der Waals surface area contributed by atoms with Crippen molar-refractivity contribution in [1.82, 2.24) is 10.6 Å². The van der Waals surface area contributed by atoms with Gasteiger partial charge in [0.25, 0.3) is 11.8 Å². The highest BCUT2D eigenvalue weighted by Gasteiger charge is 2.19. The monoisotopic (exact) mass is 457 g/mol. The van der Waals surface area contributed by atoms with E-state index in [1.165, 1.54) is 37.3 Å². The predicted octanol–water partition coefficient (Wildman–Crippen LogP) is 5.23. The minimum absolute atomic E-state index is 0.125. The molecule has 1 aliphatic rings. The van der Waals surface area contributed by atoms with Gasteiger partial charge < -0.3 is 20.0 Å². The Balaban J connectivity index is 1.48. The Bertz CT molecular complexity index is 1140. The summed E-state index contributed by atoms with van der Waals surface area (Å²) in [7, 11) is 0. The zero-order valence-corrected chi connectivity index (χ0v) is 19.7. The third kappa shape index (κ3) is 5.76. The van der Waals surface area contributed by atoms with Crippen molar-refractivity contribution in [1.29, 1.82) is 0 Å². The summed E-state index contributed by atoms with van der Waals surface area (Å²) >= 11 is 0. The Hall–Kier alpha value is -3.80. The maximum absolute atomic E-state index is 13.2. The molecule has 2 heterocycles. The summed E-state index contributed by atoms with van der Waals surface area (Å²) < 4.78 is 5.37. The molecule has 34 heavy (non-hydrogen) atoms. The summed E-state index contributed by atoms with van der Waals surface area (Å²) in [6, 6.07) is 18.8. The molecular weight excluding hydrogens is 426 g/mol. The lowest BCUT2D eigenvalue weighted by atomic mass is 10.1. The van der Waals surface area contributed by atoms with Gasteiger partial charge in [0.2, 0.25) is 0 Å². The zero-order valence-electron chi connectivity index (χ0n) is 19.7. The molecule has 6 nitrogen and oxygen atoms in total. The van der Waals surface area contributed by atoms with Gasteiger partial charge in [-0.15, -0.1) is 0 Å². The fourth-order valence-electron chi connectivity index (χ4n) is 4.18. The summed E-state index contributed by atoms with van der Waals surface area (Å²) in [5.74, 6) is -0.246. The van der Waals surface area contributed by atoms with E-state index in [1.54, 1.807) is 24.3 Å². The van der Waals surface area contributed by atoms with Gasteiger partial charge in [0.15, 0.2) is 0 Å². The molecular formula is C28H31N3O3. The van der Waals surface area contributed by atoms with Crippen molar-refractivity contribution in [3.8, 4) is 0 Å². The number of carbonyl (C=O) groups excluding carboxylic acids is 2. The van der Waals surface area contributed by atoms with E-state index in [0.29, 0.717) is 11.3 Å². The molecule has 2 aromatic carbocycles. The molecule has 1 fully saturated rings. The summed E-state index contributed by atoms with van der Waals surface area (Å²) in [5, 5.41) is 5.77. The largest absolute Gasteiger partial charge is 0.465 e. The molecule has 0 bridgehead atoms. The van der Waals surface area contributed by atoms with Crippen LogP contribution in [-0.4, -0.2) is 24.9 Å². The van der Waals surface area contributed by atoms with Gasteiger partial charge in [-0.25, -0.2) is 0 Å². The maximum atomic E-state index is 13.2. The molecule has 176 valence electrons. The van der Waals surface area contributed by atoms with Crippen molar-refractivity contribution in [3.05, 3.63) is 95.1 Å². The summed E-state index contributed by atoms with van der Waals surface area (Å²) in [4.78, 5) is 28.5. The Morgan fingerprint density at radius 2 is 1.71 bits per heavy atom. The van der Waals surface area contributed by atoms with Gasteiger partial charge in [-0.3, -0.25) is 9.59 Å². The molecule has 1 aromatic heterocycles. The number of anilines is 1. The summed E-state index contributed by atoms with van der Waals surface area (Å²) in [6.07, 6.45) is 6.82. The second kappa shape index (κ2) is 10.9. The number of nitrogens with one attached hydrogen (secondary N) is 2. The predicted molar refractivity (Wildman–Crippen MR) is 134 cm³/mol. The molecule has 2 amide bonds. The number of benzene rings is 2. The number of amides is 2. The number of carbonyl (C=O) groups is 2. The number of furan rings is 1. The van der Waals surface area contributed by atoms with Crippen LogP contribution in [0.4, 0.5) is 5.69 Å². The molecule has 1 aliphatic heterocycles. The number of rotatable bonds is 7. The Morgan fingerprint density at radius 3 is 2.38 bits per heavy atom. The Kier molecular flexibility index (Phi) is 7.48. The van der Waals surface area contributed by atoms with Crippen LogP contribution in [0, 0.1) is 6.92 Å². The van der Waals surface area contributed by atoms with Crippen LogP contribution >= 0.6 is 0 Å². The quantitative estimate of drug-likeness (QED) is 0.477. The summed E-state index contributed by atoms with van der Waals surface area (Å²) in [6.45, 7) is 5.97. The van der Waals surface area contributed by atoms with E-state index in [2.05, 4.69) is 39.8 Å². The van der Waals surface area contributed by atoms with Crippen LogP contribution in [0.2, 0.25) is 0 Å². The van der Waals surface area contributed by atoms with Crippen LogP contribution in [-0.2, 0) is 4.79 Å². The lowest BCUT2D eigenvalue weighted by Crippen LogP contribution is -2.36. The van der Waals surface area contributed by atoms with E-state index in [9.17, 15) is 9.59 Å². The van der Waals surface area contributed by atoms with Crippen molar-refractivity contribution in [3.63, 3.8) is 0 Å². The van der Waals surface area contributed by atoms with E-state index in [1.807, 2.05) is 26.0 Å². The van der Waals surface area contributed by atoms with Gasteiger partial charge in [-0.1, -0.05) is 30.3 Å². The van der Waals surface area contributed by atoms with Crippen LogP contribution in [0.5, 0.6) is 0 Å². The molecule has 0 spiro atoms. The number of piperidine rings is 1. The van der Waals surface area contributed by atoms with Gasteiger partial charge in [-0.2, -0.15) is 0 Å². The molecule has 0 saturated carbocycles. The van der Waals surface area contributed by atoms with Crippen LogP contribution in [0.3, 0.4) is 0 Å². The standard InChI is InChI=1S/C28H31N3O3/c1-20-9-4-5-11-25(20)27(32)30-26(19-24-10-8-18-34-24)28(33)29-21(2)22-12-14-23(15-13-22)31-16-6-3-7-17-31/h4-5,8-15,18-19,21H,3,6-7,16-17H2,1-2H3,(H,29,33)(H,30,32)/b26-19-. The molecule has 1 atom stereocenters. The molecule has 2 N–H and O–H groups in total. The number of aryl methyl sites for hydroxylation is 1. The van der Waals surface area contributed by atoms with Gasteiger partial charge in [0.05, 0.1) is 12.3 Å². The first-order valence-electron chi connectivity index (χ1n) is 11.8. The number of nitrogens with zero attached hydrogens (tertiary/aromatic N) is 1. The molecule has 0 aliphatic carbocycles.